The average Bonchev–Trinajstić information content (AvgIpc) is 2.19. The topological polar surface area (TPSA) is 61.4 Å². The second kappa shape index (κ2) is 5.29. The molecular formula is C9H12N2O2. The van der Waals surface area contributed by atoms with Crippen LogP contribution in [0.4, 0.5) is 0 Å². The summed E-state index contributed by atoms with van der Waals surface area (Å²) in [6.07, 6.45) is 0. The summed E-state index contributed by atoms with van der Waals surface area (Å²) >= 11 is 0. The third kappa shape index (κ3) is 3.68. The van der Waals surface area contributed by atoms with Crippen molar-refractivity contribution in [2.45, 2.75) is 6.54 Å². The Balaban J connectivity index is 2.24. The van der Waals surface area contributed by atoms with E-state index in [2.05, 4.69) is 5.32 Å². The Bertz CT molecular complexity index is 262. The molecular weight excluding hydrogens is 168 g/mol. The van der Waals surface area contributed by atoms with Crippen molar-refractivity contribution in [3.05, 3.63) is 35.9 Å². The van der Waals surface area contributed by atoms with E-state index in [9.17, 15) is 4.79 Å². The molecule has 0 saturated heterocycles. The highest BCUT2D eigenvalue weighted by Crippen LogP contribution is 1.96. The lowest BCUT2D eigenvalue weighted by Gasteiger charge is -2.02. The fraction of sp³-hybridized carbons (Fsp3) is 0.222. The molecule has 4 heteroatoms. The number of nitrogens with one attached hydrogen (secondary N) is 2. The summed E-state index contributed by atoms with van der Waals surface area (Å²) < 4.78 is 0. The molecule has 0 aromatic heterocycles. The zero-order valence-corrected chi connectivity index (χ0v) is 7.16. The molecule has 0 spiro atoms. The van der Waals surface area contributed by atoms with Crippen LogP contribution in [0.25, 0.3) is 0 Å². The van der Waals surface area contributed by atoms with Crippen molar-refractivity contribution in [1.29, 1.82) is 0 Å². The minimum absolute atomic E-state index is 0.116. The van der Waals surface area contributed by atoms with Gasteiger partial charge in [0.05, 0.1) is 6.54 Å². The van der Waals surface area contributed by atoms with Crippen molar-refractivity contribution >= 4 is 5.91 Å². The number of carbonyl (C=O) groups excluding carboxylic acids is 1. The van der Waals surface area contributed by atoms with Crippen LogP contribution in [0.15, 0.2) is 30.3 Å². The lowest BCUT2D eigenvalue weighted by atomic mass is 10.2. The summed E-state index contributed by atoms with van der Waals surface area (Å²) in [5.41, 5.74) is 2.65. The van der Waals surface area contributed by atoms with E-state index in [0.29, 0.717) is 6.54 Å². The van der Waals surface area contributed by atoms with Gasteiger partial charge in [0.25, 0.3) is 5.91 Å². The van der Waals surface area contributed by atoms with Crippen LogP contribution in [0, 0.1) is 0 Å². The smallest absolute Gasteiger partial charge is 0.257 e. The van der Waals surface area contributed by atoms with Crippen LogP contribution in [-0.2, 0) is 11.3 Å². The number of carbonyl (C=O) groups is 1. The lowest BCUT2D eigenvalue weighted by molar-refractivity contribution is -0.128. The summed E-state index contributed by atoms with van der Waals surface area (Å²) in [5.74, 6) is -0.434. The van der Waals surface area contributed by atoms with E-state index < -0.39 is 5.91 Å². The molecule has 0 fully saturated rings. The minimum Gasteiger partial charge on any atom is -0.304 e. The number of hydrogen-bond acceptors (Lipinski definition) is 3. The Kier molecular flexibility index (Phi) is 3.95. The molecule has 0 saturated carbocycles. The van der Waals surface area contributed by atoms with Gasteiger partial charge in [-0.25, -0.2) is 5.48 Å². The third-order valence-corrected chi connectivity index (χ3v) is 1.58. The molecule has 3 N–H and O–H groups in total. The number of amides is 1. The molecule has 0 aliphatic rings. The summed E-state index contributed by atoms with van der Waals surface area (Å²) in [6, 6.07) is 9.73. The molecule has 0 aliphatic heterocycles. The second-order valence-electron chi connectivity index (χ2n) is 2.62. The summed E-state index contributed by atoms with van der Waals surface area (Å²) in [7, 11) is 0. The molecule has 0 aliphatic carbocycles. The van der Waals surface area contributed by atoms with Crippen LogP contribution in [0.5, 0.6) is 0 Å². The molecule has 70 valence electrons. The number of hydroxylamine groups is 1. The number of benzene rings is 1. The largest absolute Gasteiger partial charge is 0.304 e. The highest BCUT2D eigenvalue weighted by Gasteiger charge is 1.96. The average molecular weight is 180 g/mol. The zero-order chi connectivity index (χ0) is 9.52. The standard InChI is InChI=1S/C9H12N2O2/c12-9(11-13)7-10-6-8-4-2-1-3-5-8/h1-5,10,13H,6-7H2,(H,11,12). The van der Waals surface area contributed by atoms with E-state index in [0.717, 1.165) is 5.56 Å². The molecule has 13 heavy (non-hydrogen) atoms. The van der Waals surface area contributed by atoms with Crippen molar-refractivity contribution in [3.8, 4) is 0 Å². The van der Waals surface area contributed by atoms with Crippen LogP contribution in [0.3, 0.4) is 0 Å². The van der Waals surface area contributed by atoms with Crippen LogP contribution >= 0.6 is 0 Å². The van der Waals surface area contributed by atoms with Crippen LogP contribution in [0.1, 0.15) is 5.56 Å². The highest BCUT2D eigenvalue weighted by atomic mass is 16.5. The van der Waals surface area contributed by atoms with E-state index in [-0.39, 0.29) is 6.54 Å². The summed E-state index contributed by atoms with van der Waals surface area (Å²) in [5, 5.41) is 11.1. The molecule has 1 aromatic rings. The first-order chi connectivity index (χ1) is 6.33. The van der Waals surface area contributed by atoms with Gasteiger partial charge in [0, 0.05) is 6.54 Å². The second-order valence-corrected chi connectivity index (χ2v) is 2.62. The first-order valence-corrected chi connectivity index (χ1v) is 4.00. The highest BCUT2D eigenvalue weighted by molar-refractivity contribution is 5.76. The molecule has 0 unspecified atom stereocenters. The molecule has 1 amide bonds. The van der Waals surface area contributed by atoms with Gasteiger partial charge in [-0.2, -0.15) is 0 Å². The zero-order valence-electron chi connectivity index (χ0n) is 7.16. The van der Waals surface area contributed by atoms with Crippen molar-refractivity contribution < 1.29 is 10.0 Å². The molecule has 0 heterocycles. The predicted molar refractivity (Wildman–Crippen MR) is 48.1 cm³/mol. The monoisotopic (exact) mass is 180 g/mol. The predicted octanol–water partition coefficient (Wildman–Crippen LogP) is 0.282. The fourth-order valence-corrected chi connectivity index (χ4v) is 0.956. The maximum Gasteiger partial charge on any atom is 0.257 e. The Morgan fingerprint density at radius 3 is 2.62 bits per heavy atom. The van der Waals surface area contributed by atoms with Crippen molar-refractivity contribution in [1.82, 2.24) is 10.8 Å². The van der Waals surface area contributed by atoms with Gasteiger partial charge in [-0.05, 0) is 5.56 Å². The van der Waals surface area contributed by atoms with Gasteiger partial charge in [-0.3, -0.25) is 10.0 Å². The fourth-order valence-electron chi connectivity index (χ4n) is 0.956. The first kappa shape index (κ1) is 9.70. The van der Waals surface area contributed by atoms with Gasteiger partial charge in [-0.15, -0.1) is 0 Å². The van der Waals surface area contributed by atoms with Crippen LogP contribution in [-0.4, -0.2) is 17.7 Å². The van der Waals surface area contributed by atoms with E-state index >= 15 is 0 Å². The van der Waals surface area contributed by atoms with Gasteiger partial charge >= 0.3 is 0 Å². The summed E-state index contributed by atoms with van der Waals surface area (Å²) in [4.78, 5) is 10.6. The van der Waals surface area contributed by atoms with Gasteiger partial charge in [0.2, 0.25) is 0 Å². The Morgan fingerprint density at radius 1 is 1.31 bits per heavy atom. The van der Waals surface area contributed by atoms with Crippen LogP contribution < -0.4 is 10.8 Å². The molecule has 4 nitrogen and oxygen atoms in total. The van der Waals surface area contributed by atoms with Gasteiger partial charge in [-0.1, -0.05) is 30.3 Å². The van der Waals surface area contributed by atoms with Crippen LogP contribution in [0.2, 0.25) is 0 Å². The van der Waals surface area contributed by atoms with E-state index in [1.165, 1.54) is 0 Å². The maximum atomic E-state index is 10.6. The number of rotatable bonds is 4. The first-order valence-electron chi connectivity index (χ1n) is 4.00. The minimum atomic E-state index is -0.434. The SMILES string of the molecule is O=C(CNCc1ccccc1)NO. The maximum absolute atomic E-state index is 10.6. The Morgan fingerprint density at radius 2 is 2.00 bits per heavy atom. The molecule has 0 radical (unpaired) electrons. The summed E-state index contributed by atoms with van der Waals surface area (Å²) in [6.45, 7) is 0.736. The number of hydrogen-bond donors (Lipinski definition) is 3. The van der Waals surface area contributed by atoms with Crippen molar-refractivity contribution in [3.63, 3.8) is 0 Å². The van der Waals surface area contributed by atoms with Gasteiger partial charge < -0.3 is 5.32 Å². The van der Waals surface area contributed by atoms with Gasteiger partial charge in [0.1, 0.15) is 0 Å². The molecule has 1 rings (SSSR count). The van der Waals surface area contributed by atoms with Crippen molar-refractivity contribution in [2.24, 2.45) is 0 Å². The quantitative estimate of drug-likeness (QED) is 0.461. The van der Waals surface area contributed by atoms with E-state index in [1.807, 2.05) is 30.3 Å². The Labute approximate surface area is 76.5 Å². The Hall–Kier alpha value is -1.39. The molecule has 1 aromatic carbocycles. The van der Waals surface area contributed by atoms with Crippen molar-refractivity contribution in [2.75, 3.05) is 6.54 Å². The van der Waals surface area contributed by atoms with Gasteiger partial charge in [0.15, 0.2) is 0 Å². The normalized spacial score (nSPS) is 9.62. The molecule has 0 bridgehead atoms. The third-order valence-electron chi connectivity index (χ3n) is 1.58. The lowest BCUT2D eigenvalue weighted by Crippen LogP contribution is -2.31. The van der Waals surface area contributed by atoms with E-state index in [1.54, 1.807) is 5.48 Å². The molecule has 0 atom stereocenters. The van der Waals surface area contributed by atoms with E-state index in [4.69, 9.17) is 5.21 Å².